The lowest BCUT2D eigenvalue weighted by Crippen LogP contribution is -2.42. The molecule has 2 heterocycles. The third-order valence-electron chi connectivity index (χ3n) is 5.09. The maximum atomic E-state index is 3.70. The standard InChI is InChI=1S/C16H32N2/c1-3-4-5-6-7-10-17-13-14-11-15-8-9-16(12-14)18(15)2/h14-17H,3-13H2,1-2H3. The number of hydrogen-bond donors (Lipinski definition) is 1. The maximum absolute atomic E-state index is 3.70. The lowest BCUT2D eigenvalue weighted by molar-refractivity contribution is 0.133. The van der Waals surface area contributed by atoms with E-state index >= 15 is 0 Å². The predicted octanol–water partition coefficient (Wildman–Crippen LogP) is 3.42. The van der Waals surface area contributed by atoms with E-state index in [0.29, 0.717) is 0 Å². The molecule has 2 bridgehead atoms. The quantitative estimate of drug-likeness (QED) is 0.666. The third-order valence-corrected chi connectivity index (χ3v) is 5.09. The third kappa shape index (κ3) is 3.96. The topological polar surface area (TPSA) is 15.3 Å². The molecule has 0 aliphatic carbocycles. The van der Waals surface area contributed by atoms with Crippen molar-refractivity contribution >= 4 is 0 Å². The molecule has 2 aliphatic rings. The fraction of sp³-hybridized carbons (Fsp3) is 1.00. The van der Waals surface area contributed by atoms with E-state index in [4.69, 9.17) is 0 Å². The van der Waals surface area contributed by atoms with Gasteiger partial charge in [0.05, 0.1) is 0 Å². The highest BCUT2D eigenvalue weighted by Gasteiger charge is 2.37. The average molecular weight is 252 g/mol. The molecule has 0 spiro atoms. The van der Waals surface area contributed by atoms with Crippen LogP contribution in [0.4, 0.5) is 0 Å². The molecule has 2 aliphatic heterocycles. The summed E-state index contributed by atoms with van der Waals surface area (Å²) < 4.78 is 0. The Morgan fingerprint density at radius 3 is 2.33 bits per heavy atom. The maximum Gasteiger partial charge on any atom is 0.00988 e. The molecule has 0 radical (unpaired) electrons. The zero-order chi connectivity index (χ0) is 12.8. The molecule has 2 unspecified atom stereocenters. The number of rotatable bonds is 8. The molecule has 0 amide bonds. The van der Waals surface area contributed by atoms with Crippen LogP contribution in [0.25, 0.3) is 0 Å². The van der Waals surface area contributed by atoms with Gasteiger partial charge in [0.2, 0.25) is 0 Å². The van der Waals surface area contributed by atoms with Crippen LogP contribution >= 0.6 is 0 Å². The molecule has 2 saturated heterocycles. The van der Waals surface area contributed by atoms with E-state index in [2.05, 4.69) is 24.2 Å². The molecule has 106 valence electrons. The van der Waals surface area contributed by atoms with Gasteiger partial charge in [0.25, 0.3) is 0 Å². The molecule has 2 heteroatoms. The summed E-state index contributed by atoms with van der Waals surface area (Å²) in [6.45, 7) is 4.80. The van der Waals surface area contributed by atoms with Gasteiger partial charge in [-0.25, -0.2) is 0 Å². The fourth-order valence-electron chi connectivity index (χ4n) is 3.85. The Kier molecular flexibility index (Phi) is 5.97. The number of nitrogens with one attached hydrogen (secondary N) is 1. The van der Waals surface area contributed by atoms with E-state index in [0.717, 1.165) is 18.0 Å². The summed E-state index contributed by atoms with van der Waals surface area (Å²) in [6, 6.07) is 1.81. The van der Waals surface area contributed by atoms with E-state index in [1.165, 1.54) is 70.9 Å². The number of fused-ring (bicyclic) bond motifs is 2. The van der Waals surface area contributed by atoms with Gasteiger partial charge in [0.15, 0.2) is 0 Å². The second-order valence-electron chi connectivity index (χ2n) is 6.51. The highest BCUT2D eigenvalue weighted by atomic mass is 15.2. The van der Waals surface area contributed by atoms with Gasteiger partial charge in [0.1, 0.15) is 0 Å². The van der Waals surface area contributed by atoms with E-state index in [1.54, 1.807) is 0 Å². The largest absolute Gasteiger partial charge is 0.316 e. The molecule has 0 aromatic carbocycles. The normalized spacial score (nSPS) is 32.0. The number of unbranched alkanes of at least 4 members (excludes halogenated alkanes) is 4. The van der Waals surface area contributed by atoms with Crippen LogP contribution in [0, 0.1) is 5.92 Å². The van der Waals surface area contributed by atoms with Crippen molar-refractivity contribution < 1.29 is 0 Å². The Hall–Kier alpha value is -0.0800. The number of nitrogens with zero attached hydrogens (tertiary/aromatic N) is 1. The van der Waals surface area contributed by atoms with E-state index < -0.39 is 0 Å². The molecule has 18 heavy (non-hydrogen) atoms. The van der Waals surface area contributed by atoms with Gasteiger partial charge in [-0.05, 0) is 58.2 Å². The van der Waals surface area contributed by atoms with Crippen LogP contribution in [0.5, 0.6) is 0 Å². The minimum atomic E-state index is 0.903. The Morgan fingerprint density at radius 2 is 1.67 bits per heavy atom. The van der Waals surface area contributed by atoms with Crippen molar-refractivity contribution in [3.63, 3.8) is 0 Å². The Balaban J connectivity index is 1.50. The van der Waals surface area contributed by atoms with Crippen LogP contribution in [0.2, 0.25) is 0 Å². The first-order chi connectivity index (χ1) is 8.81. The summed E-state index contributed by atoms with van der Waals surface area (Å²) in [6.07, 6.45) is 12.8. The molecular formula is C16H32N2. The van der Waals surface area contributed by atoms with Crippen LogP contribution in [0.3, 0.4) is 0 Å². The van der Waals surface area contributed by atoms with E-state index in [-0.39, 0.29) is 0 Å². The highest BCUT2D eigenvalue weighted by Crippen LogP contribution is 2.36. The molecule has 0 aromatic rings. The highest BCUT2D eigenvalue weighted by molar-refractivity contribution is 4.93. The molecule has 0 aromatic heterocycles. The van der Waals surface area contributed by atoms with E-state index in [9.17, 15) is 0 Å². The monoisotopic (exact) mass is 252 g/mol. The summed E-state index contributed by atoms with van der Waals surface area (Å²) in [4.78, 5) is 2.64. The summed E-state index contributed by atoms with van der Waals surface area (Å²) >= 11 is 0. The zero-order valence-corrected chi connectivity index (χ0v) is 12.5. The number of piperidine rings is 1. The summed E-state index contributed by atoms with van der Waals surface area (Å²) in [5.41, 5.74) is 0. The molecule has 2 fully saturated rings. The van der Waals surface area contributed by atoms with Crippen LogP contribution in [0.15, 0.2) is 0 Å². The minimum Gasteiger partial charge on any atom is -0.316 e. The first-order valence-electron chi connectivity index (χ1n) is 8.24. The lowest BCUT2D eigenvalue weighted by atomic mass is 9.91. The molecule has 1 N–H and O–H groups in total. The van der Waals surface area contributed by atoms with Crippen molar-refractivity contribution in [2.24, 2.45) is 5.92 Å². The van der Waals surface area contributed by atoms with Crippen LogP contribution in [-0.4, -0.2) is 37.1 Å². The molecule has 0 saturated carbocycles. The smallest absolute Gasteiger partial charge is 0.00988 e. The van der Waals surface area contributed by atoms with Crippen molar-refractivity contribution in [1.82, 2.24) is 10.2 Å². The van der Waals surface area contributed by atoms with Gasteiger partial charge < -0.3 is 10.2 Å². The van der Waals surface area contributed by atoms with Crippen molar-refractivity contribution in [1.29, 1.82) is 0 Å². The summed E-state index contributed by atoms with van der Waals surface area (Å²) in [5.74, 6) is 0.953. The second-order valence-corrected chi connectivity index (χ2v) is 6.51. The van der Waals surface area contributed by atoms with Crippen LogP contribution < -0.4 is 5.32 Å². The Labute approximate surface area is 114 Å². The number of hydrogen-bond acceptors (Lipinski definition) is 2. The molecule has 2 nitrogen and oxygen atoms in total. The molecule has 2 atom stereocenters. The Bertz CT molecular complexity index is 215. The van der Waals surface area contributed by atoms with Gasteiger partial charge in [-0.1, -0.05) is 32.6 Å². The first-order valence-corrected chi connectivity index (χ1v) is 8.24. The van der Waals surface area contributed by atoms with Crippen molar-refractivity contribution in [2.45, 2.75) is 76.8 Å². The van der Waals surface area contributed by atoms with Gasteiger partial charge in [-0.3, -0.25) is 0 Å². The molecule has 2 rings (SSSR count). The SMILES string of the molecule is CCCCCCCNCC1CC2CCC(C1)N2C. The first kappa shape index (κ1) is 14.3. The summed E-state index contributed by atoms with van der Waals surface area (Å²) in [5, 5.41) is 3.70. The second kappa shape index (κ2) is 7.49. The van der Waals surface area contributed by atoms with Crippen molar-refractivity contribution in [3.8, 4) is 0 Å². The minimum absolute atomic E-state index is 0.903. The van der Waals surface area contributed by atoms with Crippen molar-refractivity contribution in [3.05, 3.63) is 0 Å². The van der Waals surface area contributed by atoms with E-state index in [1.807, 2.05) is 0 Å². The molecular weight excluding hydrogens is 220 g/mol. The van der Waals surface area contributed by atoms with Gasteiger partial charge in [-0.15, -0.1) is 0 Å². The predicted molar refractivity (Wildman–Crippen MR) is 78.9 cm³/mol. The van der Waals surface area contributed by atoms with Crippen molar-refractivity contribution in [2.75, 3.05) is 20.1 Å². The van der Waals surface area contributed by atoms with Crippen LogP contribution in [-0.2, 0) is 0 Å². The average Bonchev–Trinajstić information content (AvgIpc) is 2.61. The van der Waals surface area contributed by atoms with Crippen LogP contribution in [0.1, 0.15) is 64.7 Å². The zero-order valence-electron chi connectivity index (χ0n) is 12.5. The Morgan fingerprint density at radius 1 is 1.00 bits per heavy atom. The fourth-order valence-corrected chi connectivity index (χ4v) is 3.85. The van der Waals surface area contributed by atoms with Gasteiger partial charge in [-0.2, -0.15) is 0 Å². The van der Waals surface area contributed by atoms with Gasteiger partial charge >= 0.3 is 0 Å². The van der Waals surface area contributed by atoms with Gasteiger partial charge in [0, 0.05) is 12.1 Å². The lowest BCUT2D eigenvalue weighted by Gasteiger charge is -2.36. The summed E-state index contributed by atoms with van der Waals surface area (Å²) in [7, 11) is 2.33.